The van der Waals surface area contributed by atoms with Crippen LogP contribution in [0.2, 0.25) is 0 Å². The lowest BCUT2D eigenvalue weighted by Gasteiger charge is -2.09. The van der Waals surface area contributed by atoms with Gasteiger partial charge in [0.25, 0.3) is 11.8 Å². The fraction of sp³-hybridized carbons (Fsp3) is 0.235. The fourth-order valence-electron chi connectivity index (χ4n) is 2.44. The van der Waals surface area contributed by atoms with E-state index >= 15 is 0 Å². The van der Waals surface area contributed by atoms with Crippen LogP contribution in [0.25, 0.3) is 0 Å². The van der Waals surface area contributed by atoms with Crippen LogP contribution in [0.5, 0.6) is 0 Å². The number of rotatable bonds is 4. The van der Waals surface area contributed by atoms with Crippen molar-refractivity contribution in [2.45, 2.75) is 18.7 Å². The number of carbonyl (C=O) groups excluding carboxylic acids is 3. The summed E-state index contributed by atoms with van der Waals surface area (Å²) in [6, 6.07) is 5.42. The van der Waals surface area contributed by atoms with Crippen LogP contribution in [0.4, 0.5) is 15.5 Å². The van der Waals surface area contributed by atoms with E-state index in [-0.39, 0.29) is 18.1 Å². The molecule has 1 aliphatic rings. The van der Waals surface area contributed by atoms with Gasteiger partial charge in [0.2, 0.25) is 0 Å². The maximum atomic E-state index is 12.6. The van der Waals surface area contributed by atoms with Gasteiger partial charge in [-0.15, -0.1) is 23.1 Å². The SMILES string of the molecule is CCOC(=O)NC(=O)c1c(C)csc1NC(=O)c1ccc2c(c1)NCS2. The van der Waals surface area contributed by atoms with E-state index < -0.39 is 12.0 Å². The lowest BCUT2D eigenvalue weighted by Crippen LogP contribution is -2.31. The highest BCUT2D eigenvalue weighted by Gasteiger charge is 2.22. The minimum atomic E-state index is -0.817. The van der Waals surface area contributed by atoms with Crippen LogP contribution in [0, 0.1) is 6.92 Å². The molecule has 0 bridgehead atoms. The minimum Gasteiger partial charge on any atom is -0.450 e. The van der Waals surface area contributed by atoms with Gasteiger partial charge in [-0.05, 0) is 43.0 Å². The minimum absolute atomic E-state index is 0.163. The Labute approximate surface area is 158 Å². The number of carbonyl (C=O) groups is 3. The summed E-state index contributed by atoms with van der Waals surface area (Å²) in [6.07, 6.45) is -0.817. The molecule has 3 N–H and O–H groups in total. The molecule has 1 aliphatic heterocycles. The van der Waals surface area contributed by atoms with Crippen molar-refractivity contribution in [3.8, 4) is 0 Å². The number of imide groups is 1. The van der Waals surface area contributed by atoms with E-state index in [0.717, 1.165) is 16.5 Å². The maximum Gasteiger partial charge on any atom is 0.414 e. The normalized spacial score (nSPS) is 12.1. The molecule has 0 saturated carbocycles. The Kier molecular flexibility index (Phi) is 5.48. The van der Waals surface area contributed by atoms with E-state index in [2.05, 4.69) is 16.0 Å². The third kappa shape index (κ3) is 3.83. The van der Waals surface area contributed by atoms with Crippen LogP contribution in [-0.2, 0) is 4.74 Å². The molecule has 2 aromatic rings. The zero-order valence-electron chi connectivity index (χ0n) is 14.2. The second kappa shape index (κ2) is 7.79. The smallest absolute Gasteiger partial charge is 0.414 e. The monoisotopic (exact) mass is 391 g/mol. The summed E-state index contributed by atoms with van der Waals surface area (Å²) in [6.45, 7) is 3.55. The molecule has 0 aliphatic carbocycles. The van der Waals surface area contributed by atoms with Gasteiger partial charge in [-0.2, -0.15) is 0 Å². The number of hydrogen-bond donors (Lipinski definition) is 3. The number of fused-ring (bicyclic) bond motifs is 1. The molecule has 2 heterocycles. The first-order chi connectivity index (χ1) is 12.5. The maximum absolute atomic E-state index is 12.6. The molecule has 0 spiro atoms. The van der Waals surface area contributed by atoms with Crippen molar-refractivity contribution in [3.63, 3.8) is 0 Å². The highest BCUT2D eigenvalue weighted by Crippen LogP contribution is 2.34. The van der Waals surface area contributed by atoms with E-state index in [1.165, 1.54) is 11.3 Å². The number of thiophene rings is 1. The quantitative estimate of drug-likeness (QED) is 0.736. The van der Waals surface area contributed by atoms with Crippen molar-refractivity contribution in [2.75, 3.05) is 23.1 Å². The number of benzene rings is 1. The predicted octanol–water partition coefficient (Wildman–Crippen LogP) is 3.67. The largest absolute Gasteiger partial charge is 0.450 e. The van der Waals surface area contributed by atoms with E-state index in [1.807, 2.05) is 6.07 Å². The van der Waals surface area contributed by atoms with Crippen molar-refractivity contribution in [3.05, 3.63) is 40.3 Å². The number of ether oxygens (including phenoxy) is 1. The number of thioether (sulfide) groups is 1. The van der Waals surface area contributed by atoms with Crippen molar-refractivity contribution in [1.29, 1.82) is 0 Å². The highest BCUT2D eigenvalue weighted by atomic mass is 32.2. The molecule has 1 aromatic heterocycles. The van der Waals surface area contributed by atoms with E-state index in [0.29, 0.717) is 16.1 Å². The van der Waals surface area contributed by atoms with Gasteiger partial charge >= 0.3 is 6.09 Å². The molecule has 3 rings (SSSR count). The van der Waals surface area contributed by atoms with Gasteiger partial charge in [0, 0.05) is 16.1 Å². The van der Waals surface area contributed by atoms with Crippen molar-refractivity contribution < 1.29 is 19.1 Å². The molecule has 26 heavy (non-hydrogen) atoms. The van der Waals surface area contributed by atoms with Gasteiger partial charge in [0.05, 0.1) is 18.0 Å². The topological polar surface area (TPSA) is 96.5 Å². The first-order valence-corrected chi connectivity index (χ1v) is 9.74. The zero-order chi connectivity index (χ0) is 18.7. The summed E-state index contributed by atoms with van der Waals surface area (Å²) >= 11 is 2.90. The first kappa shape index (κ1) is 18.3. The Hall–Kier alpha value is -2.52. The molecule has 136 valence electrons. The fourth-order valence-corrected chi connectivity index (χ4v) is 4.21. The van der Waals surface area contributed by atoms with Crippen molar-refractivity contribution >= 4 is 51.7 Å². The van der Waals surface area contributed by atoms with E-state index in [4.69, 9.17) is 4.74 Å². The number of aryl methyl sites for hydroxylation is 1. The predicted molar refractivity (Wildman–Crippen MR) is 102 cm³/mol. The molecular formula is C17H17N3O4S2. The van der Waals surface area contributed by atoms with E-state index in [1.54, 1.807) is 43.1 Å². The van der Waals surface area contributed by atoms with Crippen LogP contribution >= 0.6 is 23.1 Å². The molecule has 0 radical (unpaired) electrons. The van der Waals surface area contributed by atoms with Gasteiger partial charge in [-0.3, -0.25) is 14.9 Å². The van der Waals surface area contributed by atoms with Crippen LogP contribution in [0.15, 0.2) is 28.5 Å². The Morgan fingerprint density at radius 3 is 2.85 bits per heavy atom. The molecule has 7 nitrogen and oxygen atoms in total. The standard InChI is InChI=1S/C17H17N3O4S2/c1-3-24-17(23)20-15(22)13-9(2)7-25-16(13)19-14(21)10-4-5-12-11(6-10)18-8-26-12/h4-7,18H,3,8H2,1-2H3,(H,19,21)(H,20,22,23). The summed E-state index contributed by atoms with van der Waals surface area (Å²) in [5.41, 5.74) is 2.33. The molecule has 0 fully saturated rings. The molecule has 0 unspecified atom stereocenters. The summed E-state index contributed by atoms with van der Waals surface area (Å²) in [5.74, 6) is -0.147. The third-order valence-electron chi connectivity index (χ3n) is 3.65. The highest BCUT2D eigenvalue weighted by molar-refractivity contribution is 7.99. The second-order valence-corrected chi connectivity index (χ2v) is 7.32. The number of alkyl carbamates (subject to hydrolysis) is 1. The van der Waals surface area contributed by atoms with Crippen LogP contribution < -0.4 is 16.0 Å². The summed E-state index contributed by atoms with van der Waals surface area (Å²) in [5, 5.41) is 10.2. The van der Waals surface area contributed by atoms with Crippen LogP contribution in [-0.4, -0.2) is 30.4 Å². The third-order valence-corrected chi connectivity index (χ3v) is 5.62. The van der Waals surface area contributed by atoms with Crippen LogP contribution in [0.3, 0.4) is 0 Å². The lowest BCUT2D eigenvalue weighted by atomic mass is 10.1. The molecule has 1 aromatic carbocycles. The summed E-state index contributed by atoms with van der Waals surface area (Å²) in [4.78, 5) is 37.5. The average Bonchev–Trinajstić information content (AvgIpc) is 3.20. The number of nitrogens with one attached hydrogen (secondary N) is 3. The summed E-state index contributed by atoms with van der Waals surface area (Å²) < 4.78 is 4.72. The molecule has 0 saturated heterocycles. The average molecular weight is 391 g/mol. The van der Waals surface area contributed by atoms with Crippen molar-refractivity contribution in [2.24, 2.45) is 0 Å². The Morgan fingerprint density at radius 2 is 2.08 bits per heavy atom. The number of amides is 3. The Bertz CT molecular complexity index is 879. The first-order valence-electron chi connectivity index (χ1n) is 7.88. The Balaban J connectivity index is 1.77. The number of anilines is 2. The number of hydrogen-bond acceptors (Lipinski definition) is 7. The van der Waals surface area contributed by atoms with Crippen molar-refractivity contribution in [1.82, 2.24) is 5.32 Å². The molecule has 9 heteroatoms. The van der Waals surface area contributed by atoms with Gasteiger partial charge in [0.1, 0.15) is 5.00 Å². The Morgan fingerprint density at radius 1 is 1.27 bits per heavy atom. The van der Waals surface area contributed by atoms with Gasteiger partial charge < -0.3 is 15.4 Å². The van der Waals surface area contributed by atoms with Gasteiger partial charge in [0.15, 0.2) is 0 Å². The van der Waals surface area contributed by atoms with Gasteiger partial charge in [-0.25, -0.2) is 4.79 Å². The van der Waals surface area contributed by atoms with Crippen LogP contribution in [0.1, 0.15) is 33.2 Å². The summed E-state index contributed by atoms with van der Waals surface area (Å²) in [7, 11) is 0. The second-order valence-electron chi connectivity index (χ2n) is 5.43. The lowest BCUT2D eigenvalue weighted by molar-refractivity contribution is 0.0925. The zero-order valence-corrected chi connectivity index (χ0v) is 15.8. The molecule has 3 amide bonds. The van der Waals surface area contributed by atoms with E-state index in [9.17, 15) is 14.4 Å². The van der Waals surface area contributed by atoms with Gasteiger partial charge in [-0.1, -0.05) is 0 Å². The molecular weight excluding hydrogens is 374 g/mol. The molecule has 0 atom stereocenters.